The van der Waals surface area contributed by atoms with E-state index in [1.165, 1.54) is 11.9 Å². The summed E-state index contributed by atoms with van der Waals surface area (Å²) in [5.74, 6) is -2.87. The number of carbonyl (C=O) groups is 4. The monoisotopic (exact) mass is 303 g/mol. The minimum Gasteiger partial charge on any atom is -0.481 e. The van der Waals surface area contributed by atoms with Crippen LogP contribution in [0.2, 0.25) is 0 Å². The van der Waals surface area contributed by atoms with E-state index in [2.05, 4.69) is 4.74 Å². The molecular weight excluding hydrogens is 282 g/mol. The highest BCUT2D eigenvalue weighted by molar-refractivity contribution is 5.87. The molecular formula is C13H21NO7. The van der Waals surface area contributed by atoms with E-state index in [9.17, 15) is 19.2 Å². The number of nitrogens with zero attached hydrogens (tertiary/aromatic N) is 1. The van der Waals surface area contributed by atoms with Crippen LogP contribution < -0.4 is 0 Å². The SMILES string of the molecule is CN(CCC(=O)OC(=O)CCC(=O)O)C(=O)OC(C)(C)C. The number of hydrogen-bond acceptors (Lipinski definition) is 6. The lowest BCUT2D eigenvalue weighted by Gasteiger charge is -2.24. The summed E-state index contributed by atoms with van der Waals surface area (Å²) in [7, 11) is 1.45. The van der Waals surface area contributed by atoms with Crippen LogP contribution in [0.4, 0.5) is 4.79 Å². The summed E-state index contributed by atoms with van der Waals surface area (Å²) in [5, 5.41) is 8.38. The fourth-order valence-corrected chi connectivity index (χ4v) is 1.13. The molecule has 0 aromatic rings. The van der Waals surface area contributed by atoms with Crippen LogP contribution >= 0.6 is 0 Å². The first-order valence-corrected chi connectivity index (χ1v) is 6.40. The lowest BCUT2D eigenvalue weighted by molar-refractivity contribution is -0.161. The fourth-order valence-electron chi connectivity index (χ4n) is 1.13. The van der Waals surface area contributed by atoms with Gasteiger partial charge in [-0.3, -0.25) is 14.4 Å². The molecule has 0 heterocycles. The lowest BCUT2D eigenvalue weighted by Crippen LogP contribution is -2.35. The van der Waals surface area contributed by atoms with Crippen LogP contribution in [0.1, 0.15) is 40.0 Å². The van der Waals surface area contributed by atoms with Crippen LogP contribution in [0, 0.1) is 0 Å². The number of carboxylic acids is 1. The maximum atomic E-state index is 11.6. The third kappa shape index (κ3) is 10.3. The number of esters is 2. The Labute approximate surface area is 123 Å². The van der Waals surface area contributed by atoms with Crippen molar-refractivity contribution in [2.45, 2.75) is 45.6 Å². The van der Waals surface area contributed by atoms with Gasteiger partial charge in [0.15, 0.2) is 0 Å². The van der Waals surface area contributed by atoms with Crippen LogP contribution in [0.15, 0.2) is 0 Å². The van der Waals surface area contributed by atoms with E-state index in [4.69, 9.17) is 9.84 Å². The molecule has 8 heteroatoms. The predicted molar refractivity (Wildman–Crippen MR) is 71.4 cm³/mol. The topological polar surface area (TPSA) is 110 Å². The Balaban J connectivity index is 4.04. The summed E-state index contributed by atoms with van der Waals surface area (Å²) in [6.45, 7) is 5.18. The summed E-state index contributed by atoms with van der Waals surface area (Å²) in [6, 6.07) is 0. The van der Waals surface area contributed by atoms with Gasteiger partial charge >= 0.3 is 24.0 Å². The summed E-state index contributed by atoms with van der Waals surface area (Å²) >= 11 is 0. The third-order valence-corrected chi connectivity index (χ3v) is 2.13. The molecule has 0 fully saturated rings. The number of rotatable bonds is 6. The average molecular weight is 303 g/mol. The van der Waals surface area contributed by atoms with Crippen LogP contribution in [-0.4, -0.2) is 53.2 Å². The van der Waals surface area contributed by atoms with E-state index in [-0.39, 0.29) is 19.4 Å². The minimum atomic E-state index is -1.15. The van der Waals surface area contributed by atoms with Crippen LogP contribution in [0.3, 0.4) is 0 Å². The van der Waals surface area contributed by atoms with E-state index in [1.54, 1.807) is 20.8 Å². The van der Waals surface area contributed by atoms with Crippen molar-refractivity contribution in [3.63, 3.8) is 0 Å². The maximum absolute atomic E-state index is 11.6. The largest absolute Gasteiger partial charge is 0.481 e. The zero-order valence-electron chi connectivity index (χ0n) is 12.7. The molecule has 8 nitrogen and oxygen atoms in total. The Morgan fingerprint density at radius 2 is 1.52 bits per heavy atom. The number of carbonyl (C=O) groups excluding carboxylic acids is 3. The van der Waals surface area contributed by atoms with Gasteiger partial charge in [-0.2, -0.15) is 0 Å². The predicted octanol–water partition coefficient (Wildman–Crippen LogP) is 1.18. The Morgan fingerprint density at radius 3 is 2.00 bits per heavy atom. The van der Waals surface area contributed by atoms with E-state index >= 15 is 0 Å². The van der Waals surface area contributed by atoms with Crippen LogP contribution in [0.5, 0.6) is 0 Å². The Morgan fingerprint density at radius 1 is 1.00 bits per heavy atom. The first-order valence-electron chi connectivity index (χ1n) is 6.40. The van der Waals surface area contributed by atoms with Crippen LogP contribution in [-0.2, 0) is 23.9 Å². The van der Waals surface area contributed by atoms with Crippen molar-refractivity contribution in [2.75, 3.05) is 13.6 Å². The molecule has 0 aliphatic rings. The molecule has 0 bridgehead atoms. The first-order chi connectivity index (χ1) is 9.51. The highest BCUT2D eigenvalue weighted by atomic mass is 16.6. The Hall–Kier alpha value is -2.12. The molecule has 0 aliphatic carbocycles. The summed E-state index contributed by atoms with van der Waals surface area (Å²) in [6.07, 6.45) is -1.55. The standard InChI is InChI=1S/C13H21NO7/c1-13(2,3)21-12(19)14(4)8-7-11(18)20-10(17)6-5-9(15)16/h5-8H2,1-4H3,(H,15,16). The zero-order chi connectivity index (χ0) is 16.6. The number of carboxylic acid groups (broad SMARTS) is 1. The molecule has 21 heavy (non-hydrogen) atoms. The van der Waals surface area contributed by atoms with E-state index in [0.717, 1.165) is 0 Å². The van der Waals surface area contributed by atoms with Gasteiger partial charge in [-0.1, -0.05) is 0 Å². The van der Waals surface area contributed by atoms with Crippen molar-refractivity contribution in [2.24, 2.45) is 0 Å². The number of amides is 1. The van der Waals surface area contributed by atoms with Gasteiger partial charge in [0.05, 0.1) is 19.3 Å². The molecule has 0 radical (unpaired) electrons. The van der Waals surface area contributed by atoms with Gasteiger partial charge in [-0.15, -0.1) is 0 Å². The lowest BCUT2D eigenvalue weighted by atomic mass is 10.2. The molecule has 1 N–H and O–H groups in total. The van der Waals surface area contributed by atoms with Crippen molar-refractivity contribution >= 4 is 24.0 Å². The zero-order valence-corrected chi connectivity index (χ0v) is 12.7. The van der Waals surface area contributed by atoms with Gasteiger partial charge in [-0.25, -0.2) is 4.79 Å². The summed E-state index contributed by atoms with van der Waals surface area (Å²) in [4.78, 5) is 45.5. The molecule has 0 aliphatic heterocycles. The highest BCUT2D eigenvalue weighted by Crippen LogP contribution is 2.09. The normalized spacial score (nSPS) is 10.7. The molecule has 0 rings (SSSR count). The van der Waals surface area contributed by atoms with Crippen molar-refractivity contribution in [3.05, 3.63) is 0 Å². The molecule has 120 valence electrons. The Kier molecular flexibility index (Phi) is 7.40. The van der Waals surface area contributed by atoms with Crippen molar-refractivity contribution in [1.29, 1.82) is 0 Å². The smallest absolute Gasteiger partial charge is 0.410 e. The van der Waals surface area contributed by atoms with Gasteiger partial charge in [0, 0.05) is 13.6 Å². The Bertz CT molecular complexity index is 411. The summed E-state index contributed by atoms with van der Waals surface area (Å²) in [5.41, 5.74) is -0.640. The third-order valence-electron chi connectivity index (χ3n) is 2.13. The second-order valence-electron chi connectivity index (χ2n) is 5.39. The molecule has 0 saturated carbocycles. The molecule has 1 amide bonds. The van der Waals surface area contributed by atoms with Gasteiger partial charge < -0.3 is 19.5 Å². The minimum absolute atomic E-state index is 0.0277. The fraction of sp³-hybridized carbons (Fsp3) is 0.692. The molecule has 0 aromatic heterocycles. The second kappa shape index (κ2) is 8.23. The van der Waals surface area contributed by atoms with Crippen molar-refractivity contribution in [1.82, 2.24) is 4.90 Å². The van der Waals surface area contributed by atoms with Crippen molar-refractivity contribution < 1.29 is 33.8 Å². The number of aliphatic carboxylic acids is 1. The number of hydrogen-bond donors (Lipinski definition) is 1. The first kappa shape index (κ1) is 18.9. The van der Waals surface area contributed by atoms with E-state index < -0.39 is 36.0 Å². The maximum Gasteiger partial charge on any atom is 0.410 e. The van der Waals surface area contributed by atoms with Crippen molar-refractivity contribution in [3.8, 4) is 0 Å². The summed E-state index contributed by atoms with van der Waals surface area (Å²) < 4.78 is 9.49. The quantitative estimate of drug-likeness (QED) is 0.579. The molecule has 0 atom stereocenters. The van der Waals surface area contributed by atoms with Gasteiger partial charge in [0.1, 0.15) is 5.60 Å². The van der Waals surface area contributed by atoms with E-state index in [0.29, 0.717) is 0 Å². The average Bonchev–Trinajstić information content (AvgIpc) is 2.31. The second-order valence-corrected chi connectivity index (χ2v) is 5.39. The number of ether oxygens (including phenoxy) is 2. The van der Waals surface area contributed by atoms with Gasteiger partial charge in [-0.05, 0) is 20.8 Å². The highest BCUT2D eigenvalue weighted by Gasteiger charge is 2.20. The van der Waals surface area contributed by atoms with E-state index in [1.807, 2.05) is 0 Å². The van der Waals surface area contributed by atoms with Gasteiger partial charge in [0.25, 0.3) is 0 Å². The molecule has 0 spiro atoms. The molecule has 0 aromatic carbocycles. The van der Waals surface area contributed by atoms with Crippen LogP contribution in [0.25, 0.3) is 0 Å². The van der Waals surface area contributed by atoms with Gasteiger partial charge in [0.2, 0.25) is 0 Å². The molecule has 0 unspecified atom stereocenters. The molecule has 0 saturated heterocycles.